The molecule has 0 bridgehead atoms. The Balaban J connectivity index is 1.91. The van der Waals surface area contributed by atoms with Crippen LogP contribution in [-0.4, -0.2) is 22.1 Å². The van der Waals surface area contributed by atoms with Crippen molar-refractivity contribution in [2.75, 3.05) is 6.26 Å². The van der Waals surface area contributed by atoms with E-state index in [9.17, 15) is 14.0 Å². The Bertz CT molecular complexity index is 835. The van der Waals surface area contributed by atoms with Crippen LogP contribution in [0, 0.1) is 12.7 Å². The maximum absolute atomic E-state index is 13.8. The normalized spacial score (nSPS) is 16.2. The van der Waals surface area contributed by atoms with Crippen molar-refractivity contribution in [3.05, 3.63) is 56.9 Å². The fraction of sp³-hybridized carbons (Fsp3) is 0.312. The smallest absolute Gasteiger partial charge is 0.345 e. The summed E-state index contributed by atoms with van der Waals surface area (Å²) in [5.74, 6) is -0.538. The molecule has 1 unspecified atom stereocenters. The minimum atomic E-state index is -0.475. The first-order chi connectivity index (χ1) is 11.0. The summed E-state index contributed by atoms with van der Waals surface area (Å²) < 4.78 is 13.8. The van der Waals surface area contributed by atoms with Crippen molar-refractivity contribution in [2.24, 2.45) is 0 Å². The van der Waals surface area contributed by atoms with Gasteiger partial charge in [-0.2, -0.15) is 4.98 Å². The third-order valence-electron chi connectivity index (χ3n) is 4.03. The molecule has 120 valence electrons. The van der Waals surface area contributed by atoms with Crippen LogP contribution in [0.4, 0.5) is 4.39 Å². The largest absolute Gasteiger partial charge is 0.346 e. The van der Waals surface area contributed by atoms with E-state index in [1.807, 2.05) is 6.07 Å². The van der Waals surface area contributed by atoms with E-state index >= 15 is 0 Å². The second kappa shape index (κ2) is 6.16. The summed E-state index contributed by atoms with van der Waals surface area (Å²) >= 11 is 1.25. The highest BCUT2D eigenvalue weighted by molar-refractivity contribution is 7.98. The van der Waals surface area contributed by atoms with Crippen molar-refractivity contribution in [2.45, 2.75) is 30.8 Å². The molecule has 1 aromatic heterocycles. The number of thioether (sulfide) groups is 1. The molecule has 1 aliphatic carbocycles. The van der Waals surface area contributed by atoms with E-state index in [0.29, 0.717) is 34.7 Å². The lowest BCUT2D eigenvalue weighted by atomic mass is 10.1. The van der Waals surface area contributed by atoms with Gasteiger partial charge in [0.05, 0.1) is 11.6 Å². The molecule has 5 nitrogen and oxygen atoms in total. The molecule has 3 rings (SSSR count). The van der Waals surface area contributed by atoms with Gasteiger partial charge < -0.3 is 10.3 Å². The Kier molecular flexibility index (Phi) is 4.21. The number of carbonyl (C=O) groups excluding carboxylic acids is 1. The number of aromatic nitrogens is 2. The molecule has 1 aliphatic rings. The van der Waals surface area contributed by atoms with Gasteiger partial charge in [0.1, 0.15) is 10.8 Å². The Morgan fingerprint density at radius 2 is 2.26 bits per heavy atom. The predicted octanol–water partition coefficient (Wildman–Crippen LogP) is 2.36. The molecular formula is C16H16FN3O2S. The van der Waals surface area contributed by atoms with Crippen molar-refractivity contribution in [1.82, 2.24) is 15.3 Å². The van der Waals surface area contributed by atoms with Crippen LogP contribution in [0.15, 0.2) is 28.0 Å². The van der Waals surface area contributed by atoms with Gasteiger partial charge in [0, 0.05) is 5.69 Å². The summed E-state index contributed by atoms with van der Waals surface area (Å²) in [6.07, 6.45) is 3.02. The van der Waals surface area contributed by atoms with Crippen LogP contribution < -0.4 is 11.0 Å². The van der Waals surface area contributed by atoms with Crippen LogP contribution in [0.25, 0.3) is 0 Å². The number of halogens is 1. The molecule has 1 aromatic carbocycles. The third kappa shape index (κ3) is 2.88. The molecule has 0 radical (unpaired) electrons. The molecule has 7 heteroatoms. The minimum absolute atomic E-state index is 0.228. The Labute approximate surface area is 136 Å². The van der Waals surface area contributed by atoms with E-state index in [1.165, 1.54) is 17.8 Å². The number of benzene rings is 1. The lowest BCUT2D eigenvalue weighted by Crippen LogP contribution is -2.30. The molecule has 0 aliphatic heterocycles. The highest BCUT2D eigenvalue weighted by atomic mass is 32.2. The van der Waals surface area contributed by atoms with Crippen LogP contribution in [0.1, 0.15) is 39.6 Å². The molecule has 0 saturated carbocycles. The summed E-state index contributed by atoms with van der Waals surface area (Å²) in [4.78, 5) is 30.4. The van der Waals surface area contributed by atoms with E-state index in [1.54, 1.807) is 19.2 Å². The van der Waals surface area contributed by atoms with Gasteiger partial charge in [-0.05, 0) is 43.2 Å². The number of amides is 1. The van der Waals surface area contributed by atoms with Gasteiger partial charge in [-0.15, -0.1) is 11.8 Å². The molecule has 0 spiro atoms. The Morgan fingerprint density at radius 1 is 1.48 bits per heavy atom. The average molecular weight is 333 g/mol. The number of aromatic amines is 1. The zero-order valence-electron chi connectivity index (χ0n) is 12.8. The highest BCUT2D eigenvalue weighted by Crippen LogP contribution is 2.33. The van der Waals surface area contributed by atoms with E-state index in [4.69, 9.17) is 0 Å². The number of nitrogens with one attached hydrogen (secondary N) is 2. The van der Waals surface area contributed by atoms with Gasteiger partial charge in [0.2, 0.25) is 0 Å². The molecule has 0 saturated heterocycles. The zero-order valence-corrected chi connectivity index (χ0v) is 13.6. The van der Waals surface area contributed by atoms with Crippen molar-refractivity contribution < 1.29 is 9.18 Å². The van der Waals surface area contributed by atoms with Gasteiger partial charge in [0.25, 0.3) is 5.91 Å². The molecule has 1 atom stereocenters. The molecule has 23 heavy (non-hydrogen) atoms. The van der Waals surface area contributed by atoms with Crippen molar-refractivity contribution in [3.8, 4) is 0 Å². The van der Waals surface area contributed by atoms with Crippen LogP contribution in [0.2, 0.25) is 0 Å². The molecule has 1 heterocycles. The molecule has 1 amide bonds. The SMILES string of the molecule is CSc1nc(=O)[nH]c(C)c1C(=O)NC1CCc2c(F)cccc21. The number of hydrogen-bond acceptors (Lipinski definition) is 4. The number of nitrogens with zero attached hydrogens (tertiary/aromatic N) is 1. The molecular weight excluding hydrogens is 317 g/mol. The molecule has 2 aromatic rings. The highest BCUT2D eigenvalue weighted by Gasteiger charge is 2.28. The third-order valence-corrected chi connectivity index (χ3v) is 4.71. The van der Waals surface area contributed by atoms with Crippen LogP contribution in [-0.2, 0) is 6.42 Å². The van der Waals surface area contributed by atoms with E-state index in [-0.39, 0.29) is 17.8 Å². The van der Waals surface area contributed by atoms with Crippen LogP contribution >= 0.6 is 11.8 Å². The van der Waals surface area contributed by atoms with E-state index in [2.05, 4.69) is 15.3 Å². The van der Waals surface area contributed by atoms with Gasteiger partial charge in [-0.25, -0.2) is 9.18 Å². The standard InChI is InChI=1S/C16H16FN3O2S/c1-8-13(15(23-2)20-16(22)18-8)14(21)19-12-7-6-9-10(12)4-3-5-11(9)17/h3-5,12H,6-7H2,1-2H3,(H,19,21)(H,18,20,22). The molecule has 0 fully saturated rings. The van der Waals surface area contributed by atoms with Crippen molar-refractivity contribution in [3.63, 3.8) is 0 Å². The Hall–Kier alpha value is -2.15. The first kappa shape index (κ1) is 15.7. The number of aryl methyl sites for hydroxylation is 1. The number of fused-ring (bicyclic) bond motifs is 1. The second-order valence-electron chi connectivity index (χ2n) is 5.42. The van der Waals surface area contributed by atoms with Gasteiger partial charge >= 0.3 is 5.69 Å². The van der Waals surface area contributed by atoms with E-state index < -0.39 is 5.69 Å². The topological polar surface area (TPSA) is 74.8 Å². The summed E-state index contributed by atoms with van der Waals surface area (Å²) in [7, 11) is 0. The maximum atomic E-state index is 13.8. The number of H-pyrrole nitrogens is 1. The number of carbonyl (C=O) groups is 1. The lowest BCUT2D eigenvalue weighted by Gasteiger charge is -2.16. The minimum Gasteiger partial charge on any atom is -0.345 e. The summed E-state index contributed by atoms with van der Waals surface area (Å²) in [6.45, 7) is 1.67. The van der Waals surface area contributed by atoms with Gasteiger partial charge in [-0.1, -0.05) is 12.1 Å². The quantitative estimate of drug-likeness (QED) is 0.668. The predicted molar refractivity (Wildman–Crippen MR) is 86.3 cm³/mol. The average Bonchev–Trinajstić information content (AvgIpc) is 2.90. The summed E-state index contributed by atoms with van der Waals surface area (Å²) in [5.41, 5.74) is 1.85. The second-order valence-corrected chi connectivity index (χ2v) is 6.22. The van der Waals surface area contributed by atoms with Crippen molar-refractivity contribution in [1.29, 1.82) is 0 Å². The zero-order chi connectivity index (χ0) is 16.6. The summed E-state index contributed by atoms with van der Waals surface area (Å²) in [5, 5.41) is 3.32. The van der Waals surface area contributed by atoms with Gasteiger partial charge in [-0.3, -0.25) is 4.79 Å². The van der Waals surface area contributed by atoms with Crippen LogP contribution in [0.3, 0.4) is 0 Å². The first-order valence-electron chi connectivity index (χ1n) is 7.24. The fourth-order valence-electron chi connectivity index (χ4n) is 2.96. The Morgan fingerprint density at radius 3 is 3.00 bits per heavy atom. The van der Waals surface area contributed by atoms with Crippen molar-refractivity contribution >= 4 is 17.7 Å². The molecule has 2 N–H and O–H groups in total. The lowest BCUT2D eigenvalue weighted by molar-refractivity contribution is 0.0931. The fourth-order valence-corrected chi connectivity index (χ4v) is 3.59. The monoisotopic (exact) mass is 333 g/mol. The number of rotatable bonds is 3. The van der Waals surface area contributed by atoms with Gasteiger partial charge in [0.15, 0.2) is 0 Å². The first-order valence-corrected chi connectivity index (χ1v) is 8.46. The summed E-state index contributed by atoms with van der Waals surface area (Å²) in [6, 6.07) is 4.70. The van der Waals surface area contributed by atoms with Crippen LogP contribution in [0.5, 0.6) is 0 Å². The number of hydrogen-bond donors (Lipinski definition) is 2. The maximum Gasteiger partial charge on any atom is 0.346 e. The van der Waals surface area contributed by atoms with E-state index in [0.717, 1.165) is 5.56 Å².